The van der Waals surface area contributed by atoms with Crippen molar-refractivity contribution in [3.05, 3.63) is 71.5 Å². The van der Waals surface area contributed by atoms with Crippen LogP contribution < -0.4 is 5.32 Å². The maximum Gasteiger partial charge on any atom is 0.259 e. The molecule has 6 nitrogen and oxygen atoms in total. The van der Waals surface area contributed by atoms with Crippen LogP contribution in [0.5, 0.6) is 0 Å². The molecule has 2 aromatic heterocycles. The van der Waals surface area contributed by atoms with Crippen LogP contribution in [0.25, 0.3) is 33.0 Å². The van der Waals surface area contributed by atoms with Crippen molar-refractivity contribution in [1.29, 1.82) is 0 Å². The Kier molecular flexibility index (Phi) is 4.59. The summed E-state index contributed by atoms with van der Waals surface area (Å²) in [5.41, 5.74) is 4.84. The van der Waals surface area contributed by atoms with Gasteiger partial charge in [-0.25, -0.2) is 0 Å². The molecular weight excluding hydrogens is 402 g/mol. The van der Waals surface area contributed by atoms with Gasteiger partial charge in [-0.1, -0.05) is 37.3 Å². The minimum absolute atomic E-state index is 0.158. The Morgan fingerprint density at radius 1 is 0.906 bits per heavy atom. The van der Waals surface area contributed by atoms with Crippen LogP contribution in [-0.2, 0) is 16.1 Å². The van der Waals surface area contributed by atoms with E-state index in [0.29, 0.717) is 22.2 Å². The summed E-state index contributed by atoms with van der Waals surface area (Å²) in [6, 6.07) is 13.5. The zero-order valence-electron chi connectivity index (χ0n) is 18.2. The van der Waals surface area contributed by atoms with E-state index in [4.69, 9.17) is 0 Å². The molecule has 1 aliphatic heterocycles. The second-order valence-corrected chi connectivity index (χ2v) is 8.24. The van der Waals surface area contributed by atoms with Gasteiger partial charge >= 0.3 is 0 Å². The zero-order chi connectivity index (χ0) is 22.6. The van der Waals surface area contributed by atoms with Crippen molar-refractivity contribution in [1.82, 2.24) is 14.5 Å². The van der Waals surface area contributed by atoms with E-state index in [0.717, 1.165) is 40.4 Å². The number of hydrogen-bond acceptors (Lipinski definition) is 3. The summed E-state index contributed by atoms with van der Waals surface area (Å²) in [7, 11) is 0. The Morgan fingerprint density at radius 3 is 2.25 bits per heavy atom. The van der Waals surface area contributed by atoms with E-state index in [1.807, 2.05) is 49.5 Å². The van der Waals surface area contributed by atoms with Gasteiger partial charge in [0.15, 0.2) is 0 Å². The predicted octanol–water partition coefficient (Wildman–Crippen LogP) is 4.54. The Morgan fingerprint density at radius 2 is 1.56 bits per heavy atom. The third-order valence-corrected chi connectivity index (χ3v) is 6.02. The number of rotatable bonds is 4. The summed E-state index contributed by atoms with van der Waals surface area (Å²) < 4.78 is 3.66. The number of benzene rings is 2. The van der Waals surface area contributed by atoms with Crippen molar-refractivity contribution >= 4 is 50.7 Å². The molecule has 1 aliphatic rings. The lowest BCUT2D eigenvalue weighted by molar-refractivity contribution is -0.122. The van der Waals surface area contributed by atoms with Crippen molar-refractivity contribution in [3.8, 4) is 0 Å². The fourth-order valence-corrected chi connectivity index (χ4v) is 4.64. The second kappa shape index (κ2) is 7.34. The number of carbonyl (C=O) groups is 3. The first-order valence-electron chi connectivity index (χ1n) is 10.7. The first-order chi connectivity index (χ1) is 15.4. The van der Waals surface area contributed by atoms with Gasteiger partial charge in [0.05, 0.1) is 16.7 Å². The summed E-state index contributed by atoms with van der Waals surface area (Å²) >= 11 is 0. The number of amides is 2. The normalized spacial score (nSPS) is 14.1. The molecule has 0 atom stereocenters. The van der Waals surface area contributed by atoms with Crippen LogP contribution in [0.4, 0.5) is 0 Å². The van der Waals surface area contributed by atoms with Crippen LogP contribution >= 0.6 is 0 Å². The number of nitrogens with zero attached hydrogens (tertiary/aromatic N) is 2. The van der Waals surface area contributed by atoms with E-state index in [1.54, 1.807) is 6.20 Å². The average molecular weight is 425 g/mol. The first kappa shape index (κ1) is 20.0. The summed E-state index contributed by atoms with van der Waals surface area (Å²) in [6.07, 6.45) is 4.57. The SMILES string of the molecule is CCCn1cc(C2=C(c3cn(C(C)=O)c4ccccc34)C(=O)NC2=O)c2ccc(C)cc21. The van der Waals surface area contributed by atoms with Crippen LogP contribution in [0.3, 0.4) is 0 Å². The highest BCUT2D eigenvalue weighted by atomic mass is 16.2. The molecule has 1 N–H and O–H groups in total. The lowest BCUT2D eigenvalue weighted by Gasteiger charge is -2.03. The molecule has 2 aromatic carbocycles. The molecule has 6 heteroatoms. The lowest BCUT2D eigenvalue weighted by Crippen LogP contribution is -2.22. The highest BCUT2D eigenvalue weighted by Gasteiger charge is 2.35. The molecule has 0 aliphatic carbocycles. The van der Waals surface area contributed by atoms with E-state index < -0.39 is 11.8 Å². The summed E-state index contributed by atoms with van der Waals surface area (Å²) in [5.74, 6) is -1.02. The molecule has 2 amide bonds. The van der Waals surface area contributed by atoms with E-state index in [2.05, 4.69) is 22.9 Å². The Hall–Kier alpha value is -3.93. The summed E-state index contributed by atoms with van der Waals surface area (Å²) in [6.45, 7) is 6.43. The van der Waals surface area contributed by atoms with Gasteiger partial charge in [0, 0.05) is 53.3 Å². The second-order valence-electron chi connectivity index (χ2n) is 8.24. The molecule has 0 saturated heterocycles. The summed E-state index contributed by atoms with van der Waals surface area (Å²) in [4.78, 5) is 38.3. The van der Waals surface area contributed by atoms with Gasteiger partial charge in [-0.3, -0.25) is 24.3 Å². The standard InChI is InChI=1S/C26H23N3O3/c1-4-11-28-13-19(18-10-9-15(2)12-22(18)28)23-24(26(32)27-25(23)31)20-14-29(16(3)30)21-8-6-5-7-17(20)21/h5-10,12-14H,4,11H2,1-3H3,(H,27,31,32). The monoisotopic (exact) mass is 425 g/mol. The molecule has 5 rings (SSSR count). The number of aromatic nitrogens is 2. The molecule has 3 heterocycles. The van der Waals surface area contributed by atoms with Gasteiger partial charge in [-0.05, 0) is 31.0 Å². The number of imide groups is 1. The van der Waals surface area contributed by atoms with Gasteiger partial charge in [0.1, 0.15) is 0 Å². The highest BCUT2D eigenvalue weighted by Crippen LogP contribution is 2.39. The van der Waals surface area contributed by atoms with Crippen molar-refractivity contribution < 1.29 is 14.4 Å². The number of aryl methyl sites for hydroxylation is 2. The van der Waals surface area contributed by atoms with Gasteiger partial charge < -0.3 is 4.57 Å². The number of nitrogens with one attached hydrogen (secondary N) is 1. The number of fused-ring (bicyclic) bond motifs is 2. The third-order valence-electron chi connectivity index (χ3n) is 6.02. The van der Waals surface area contributed by atoms with Crippen molar-refractivity contribution in [3.63, 3.8) is 0 Å². The van der Waals surface area contributed by atoms with Crippen molar-refractivity contribution in [2.24, 2.45) is 0 Å². The Bertz CT molecular complexity index is 1480. The number of hydrogen-bond donors (Lipinski definition) is 1. The van der Waals surface area contributed by atoms with E-state index >= 15 is 0 Å². The Labute approximate surface area is 185 Å². The van der Waals surface area contributed by atoms with Gasteiger partial charge in [0.25, 0.3) is 11.8 Å². The Balaban J connectivity index is 1.85. The van der Waals surface area contributed by atoms with Crippen LogP contribution in [-0.4, -0.2) is 26.9 Å². The quantitative estimate of drug-likeness (QED) is 0.488. The minimum atomic E-state index is -0.444. The topological polar surface area (TPSA) is 73.1 Å². The van der Waals surface area contributed by atoms with E-state index in [1.165, 1.54) is 11.5 Å². The molecule has 4 aromatic rings. The molecule has 0 radical (unpaired) electrons. The fraction of sp³-hybridized carbons (Fsp3) is 0.192. The van der Waals surface area contributed by atoms with E-state index in [-0.39, 0.29) is 5.91 Å². The molecule has 160 valence electrons. The number of para-hydroxylation sites is 1. The molecule has 0 fully saturated rings. The maximum absolute atomic E-state index is 13.1. The fourth-order valence-electron chi connectivity index (χ4n) is 4.64. The smallest absolute Gasteiger partial charge is 0.259 e. The van der Waals surface area contributed by atoms with Crippen LogP contribution in [0.2, 0.25) is 0 Å². The molecule has 0 spiro atoms. The lowest BCUT2D eigenvalue weighted by atomic mass is 9.95. The maximum atomic E-state index is 13.1. The van der Waals surface area contributed by atoms with Gasteiger partial charge in [-0.15, -0.1) is 0 Å². The third kappa shape index (κ3) is 2.91. The minimum Gasteiger partial charge on any atom is -0.347 e. The predicted molar refractivity (Wildman–Crippen MR) is 125 cm³/mol. The first-order valence-corrected chi connectivity index (χ1v) is 10.7. The average Bonchev–Trinajstić information content (AvgIpc) is 3.39. The molecule has 0 bridgehead atoms. The van der Waals surface area contributed by atoms with E-state index in [9.17, 15) is 14.4 Å². The largest absolute Gasteiger partial charge is 0.347 e. The van der Waals surface area contributed by atoms with Crippen molar-refractivity contribution in [2.45, 2.75) is 33.7 Å². The molecular formula is C26H23N3O3. The van der Waals surface area contributed by atoms with Crippen LogP contribution in [0.1, 0.15) is 41.8 Å². The van der Waals surface area contributed by atoms with Crippen molar-refractivity contribution in [2.75, 3.05) is 0 Å². The van der Waals surface area contributed by atoms with Crippen LogP contribution in [0.15, 0.2) is 54.9 Å². The van der Waals surface area contributed by atoms with Gasteiger partial charge in [-0.2, -0.15) is 0 Å². The highest BCUT2D eigenvalue weighted by molar-refractivity contribution is 6.50. The molecule has 32 heavy (non-hydrogen) atoms. The van der Waals surface area contributed by atoms with Crippen LogP contribution in [0, 0.1) is 6.92 Å². The molecule has 0 unspecified atom stereocenters. The zero-order valence-corrected chi connectivity index (χ0v) is 18.2. The number of carbonyl (C=O) groups excluding carboxylic acids is 3. The molecule has 0 saturated carbocycles. The summed E-state index contributed by atoms with van der Waals surface area (Å²) in [5, 5.41) is 4.16. The van der Waals surface area contributed by atoms with Gasteiger partial charge in [0.2, 0.25) is 5.91 Å².